The van der Waals surface area contributed by atoms with Gasteiger partial charge in [0.15, 0.2) is 0 Å². The van der Waals surface area contributed by atoms with Gasteiger partial charge >= 0.3 is 29.6 Å². The topological polar surface area (TPSA) is 112 Å². The maximum atomic E-state index is 11.8. The summed E-state index contributed by atoms with van der Waals surface area (Å²) in [5, 5.41) is 13.4. The zero-order valence-electron chi connectivity index (χ0n) is 19.5. The van der Waals surface area contributed by atoms with E-state index < -0.39 is 17.9 Å². The van der Waals surface area contributed by atoms with Gasteiger partial charge in [0.2, 0.25) is 11.8 Å². The van der Waals surface area contributed by atoms with Crippen molar-refractivity contribution < 1.29 is 49.0 Å². The van der Waals surface area contributed by atoms with Crippen molar-refractivity contribution in [3.8, 4) is 0 Å². The number of nitrogens with two attached hydrogens (primary N) is 1. The van der Waals surface area contributed by atoms with Crippen LogP contribution in [0.15, 0.2) is 0 Å². The summed E-state index contributed by atoms with van der Waals surface area (Å²) in [5.41, 5.74) is 5.01. The predicted molar refractivity (Wildman–Crippen MR) is 115 cm³/mol. The summed E-state index contributed by atoms with van der Waals surface area (Å²) < 4.78 is 0. The van der Waals surface area contributed by atoms with Crippen LogP contribution >= 0.6 is 0 Å². The molecule has 0 aliphatic heterocycles. The van der Waals surface area contributed by atoms with Gasteiger partial charge in [-0.25, -0.2) is 0 Å². The van der Waals surface area contributed by atoms with E-state index in [0.29, 0.717) is 6.42 Å². The van der Waals surface area contributed by atoms with E-state index in [2.05, 4.69) is 12.2 Å². The van der Waals surface area contributed by atoms with Gasteiger partial charge in [0, 0.05) is 12.8 Å². The van der Waals surface area contributed by atoms with E-state index in [1.807, 2.05) is 0 Å². The normalized spacial score (nSPS) is 11.5. The molecule has 1 atom stereocenters. The molecule has 0 radical (unpaired) electrons. The Morgan fingerprint density at radius 2 is 1.13 bits per heavy atom. The van der Waals surface area contributed by atoms with Crippen molar-refractivity contribution in [3.63, 3.8) is 0 Å². The van der Waals surface area contributed by atoms with Crippen molar-refractivity contribution in [1.82, 2.24) is 5.32 Å². The van der Waals surface area contributed by atoms with Gasteiger partial charge in [-0.3, -0.25) is 9.59 Å². The summed E-state index contributed by atoms with van der Waals surface area (Å²) in [7, 11) is 0. The van der Waals surface area contributed by atoms with Gasteiger partial charge in [0.05, 0.1) is 12.0 Å². The standard InChI is InChI=1S/C23H44N2O4.Na/c1-2-3-4-5-6-7-8-9-10-11-12-13-14-15-16-17-22(27)25-20(23(28)29)18-19-21(24)26;/h20H,2-19H2,1H3,(H2,24,26)(H,25,27)(H,28,29);/q;+1/p-1. The van der Waals surface area contributed by atoms with Crippen molar-refractivity contribution in [2.45, 2.75) is 129 Å². The quantitative estimate of drug-likeness (QED) is 0.205. The van der Waals surface area contributed by atoms with Gasteiger partial charge < -0.3 is 21.0 Å². The second kappa shape index (κ2) is 23.1. The molecule has 0 aromatic carbocycles. The number of unbranched alkanes of at least 4 members (excludes halogenated alkanes) is 14. The third kappa shape index (κ3) is 22.1. The van der Waals surface area contributed by atoms with Crippen LogP contribution in [-0.2, 0) is 14.4 Å². The summed E-state index contributed by atoms with van der Waals surface area (Å²) in [5.74, 6) is -2.28. The molecule has 0 aromatic heterocycles. The van der Waals surface area contributed by atoms with E-state index in [1.165, 1.54) is 77.0 Å². The number of rotatable bonds is 21. The summed E-state index contributed by atoms with van der Waals surface area (Å²) in [6.07, 6.45) is 19.1. The van der Waals surface area contributed by atoms with Gasteiger partial charge in [-0.05, 0) is 12.8 Å². The predicted octanol–water partition coefficient (Wildman–Crippen LogP) is 0.752. The fourth-order valence-corrected chi connectivity index (χ4v) is 3.46. The minimum Gasteiger partial charge on any atom is -0.548 e. The van der Waals surface area contributed by atoms with Gasteiger partial charge in [0.1, 0.15) is 0 Å². The molecule has 0 aliphatic rings. The van der Waals surface area contributed by atoms with Crippen LogP contribution in [0.1, 0.15) is 122 Å². The van der Waals surface area contributed by atoms with Gasteiger partial charge in [-0.1, -0.05) is 96.8 Å². The molecule has 2 amide bonds. The van der Waals surface area contributed by atoms with Crippen molar-refractivity contribution in [2.24, 2.45) is 5.73 Å². The van der Waals surface area contributed by atoms with Crippen LogP contribution in [0.4, 0.5) is 0 Å². The minimum absolute atomic E-state index is 0. The van der Waals surface area contributed by atoms with Crippen LogP contribution < -0.4 is 45.7 Å². The number of carboxylic acids is 1. The molecule has 30 heavy (non-hydrogen) atoms. The Bertz CT molecular complexity index is 447. The molecule has 0 aromatic rings. The summed E-state index contributed by atoms with van der Waals surface area (Å²) in [6.45, 7) is 2.25. The minimum atomic E-state index is -1.38. The van der Waals surface area contributed by atoms with Crippen molar-refractivity contribution in [1.29, 1.82) is 0 Å². The molecule has 0 aliphatic carbocycles. The Hall–Kier alpha value is -0.590. The zero-order valence-corrected chi connectivity index (χ0v) is 21.5. The number of carbonyl (C=O) groups excluding carboxylic acids is 3. The van der Waals surface area contributed by atoms with Crippen LogP contribution in [0.3, 0.4) is 0 Å². The number of hydrogen-bond acceptors (Lipinski definition) is 4. The maximum absolute atomic E-state index is 11.8. The molecule has 6 nitrogen and oxygen atoms in total. The van der Waals surface area contributed by atoms with E-state index in [1.54, 1.807) is 0 Å². The summed E-state index contributed by atoms with van der Waals surface area (Å²) in [6, 6.07) is -1.15. The van der Waals surface area contributed by atoms with E-state index >= 15 is 0 Å². The maximum Gasteiger partial charge on any atom is 1.00 e. The molecule has 0 heterocycles. The SMILES string of the molecule is CCCCCCCCCCCCCCCCCC(=O)NC(CCC(N)=O)C(=O)[O-].[Na+]. The Kier molecular flexibility index (Phi) is 24.3. The van der Waals surface area contributed by atoms with Gasteiger partial charge in [-0.15, -0.1) is 0 Å². The number of amides is 2. The molecule has 170 valence electrons. The molecule has 0 fully saturated rings. The van der Waals surface area contributed by atoms with E-state index in [-0.39, 0.29) is 48.3 Å². The van der Waals surface area contributed by atoms with Crippen LogP contribution in [0.2, 0.25) is 0 Å². The molecule has 3 N–H and O–H groups in total. The number of hydrogen-bond donors (Lipinski definition) is 2. The molecule has 1 unspecified atom stereocenters. The van der Waals surface area contributed by atoms with Gasteiger partial charge in [-0.2, -0.15) is 0 Å². The Labute approximate surface area is 205 Å². The van der Waals surface area contributed by atoms with Crippen LogP contribution in [0.25, 0.3) is 0 Å². The molecular weight excluding hydrogens is 391 g/mol. The first-order valence-electron chi connectivity index (χ1n) is 11.8. The number of nitrogens with one attached hydrogen (secondary N) is 1. The third-order valence-corrected chi connectivity index (χ3v) is 5.31. The van der Waals surface area contributed by atoms with E-state index in [0.717, 1.165) is 19.3 Å². The molecule has 0 saturated carbocycles. The molecule has 0 saturated heterocycles. The first-order valence-corrected chi connectivity index (χ1v) is 11.8. The third-order valence-electron chi connectivity index (χ3n) is 5.31. The number of aliphatic carboxylic acids is 1. The van der Waals surface area contributed by atoms with E-state index in [4.69, 9.17) is 5.73 Å². The Balaban J connectivity index is 0. The van der Waals surface area contributed by atoms with Crippen LogP contribution in [0, 0.1) is 0 Å². The first kappa shape index (κ1) is 31.6. The van der Waals surface area contributed by atoms with Crippen molar-refractivity contribution in [3.05, 3.63) is 0 Å². The average Bonchev–Trinajstić information content (AvgIpc) is 2.67. The average molecular weight is 435 g/mol. The molecule has 7 heteroatoms. The molecule has 0 rings (SSSR count). The monoisotopic (exact) mass is 434 g/mol. The second-order valence-corrected chi connectivity index (χ2v) is 8.14. The Morgan fingerprint density at radius 1 is 0.733 bits per heavy atom. The fourth-order valence-electron chi connectivity index (χ4n) is 3.46. The van der Waals surface area contributed by atoms with Crippen LogP contribution in [0.5, 0.6) is 0 Å². The summed E-state index contributed by atoms with van der Waals surface area (Å²) >= 11 is 0. The Morgan fingerprint density at radius 3 is 1.50 bits per heavy atom. The number of carbonyl (C=O) groups is 3. The first-order chi connectivity index (χ1) is 14.0. The van der Waals surface area contributed by atoms with E-state index in [9.17, 15) is 19.5 Å². The van der Waals surface area contributed by atoms with Crippen molar-refractivity contribution in [2.75, 3.05) is 0 Å². The van der Waals surface area contributed by atoms with Crippen molar-refractivity contribution >= 4 is 17.8 Å². The zero-order chi connectivity index (χ0) is 21.7. The molecule has 0 bridgehead atoms. The van der Waals surface area contributed by atoms with Gasteiger partial charge in [0.25, 0.3) is 0 Å². The number of primary amides is 1. The van der Waals surface area contributed by atoms with Crippen LogP contribution in [-0.4, -0.2) is 23.8 Å². The fraction of sp³-hybridized carbons (Fsp3) is 0.870. The number of carboxylic acid groups (broad SMARTS) is 1. The largest absolute Gasteiger partial charge is 1.00 e. The molecule has 0 spiro atoms. The smallest absolute Gasteiger partial charge is 0.548 e. The summed E-state index contributed by atoms with van der Waals surface area (Å²) in [4.78, 5) is 33.5. The molecular formula is C23H43N2NaO4. The second-order valence-electron chi connectivity index (χ2n) is 8.14.